The van der Waals surface area contributed by atoms with Crippen LogP contribution in [0.5, 0.6) is 0 Å². The van der Waals surface area contributed by atoms with Crippen LogP contribution >= 0.6 is 6.04 Å². The van der Waals surface area contributed by atoms with Gasteiger partial charge < -0.3 is 0 Å². The van der Waals surface area contributed by atoms with Crippen LogP contribution in [0.1, 0.15) is 12.5 Å². The summed E-state index contributed by atoms with van der Waals surface area (Å²) in [4.78, 5) is 0. The molecule has 0 bridgehead atoms. The van der Waals surface area contributed by atoms with Gasteiger partial charge in [-0.1, -0.05) is 90.7 Å². The van der Waals surface area contributed by atoms with Gasteiger partial charge in [0.05, 0.1) is 11.7 Å². The maximum absolute atomic E-state index is 6.28. The van der Waals surface area contributed by atoms with Gasteiger partial charge in [0.15, 0.2) is 0 Å². The first kappa shape index (κ1) is 17.0. The van der Waals surface area contributed by atoms with Gasteiger partial charge in [0.2, 0.25) is 0 Å². The zero-order valence-corrected chi connectivity index (χ0v) is 16.2. The van der Waals surface area contributed by atoms with Gasteiger partial charge in [-0.2, -0.15) is 5.10 Å². The summed E-state index contributed by atoms with van der Waals surface area (Å²) in [6.45, 7) is 2.09. The van der Waals surface area contributed by atoms with Crippen molar-refractivity contribution in [3.05, 3.63) is 108 Å². The Morgan fingerprint density at radius 1 is 0.769 bits per heavy atom. The summed E-state index contributed by atoms with van der Waals surface area (Å²) in [6, 6.07) is 28.8. The third-order valence-corrected chi connectivity index (χ3v) is 8.63. The van der Waals surface area contributed by atoms with Crippen LogP contribution in [0.15, 0.2) is 108 Å². The van der Waals surface area contributed by atoms with Crippen LogP contribution in [0.4, 0.5) is 5.69 Å². The van der Waals surface area contributed by atoms with E-state index in [0.717, 1.165) is 22.4 Å². The van der Waals surface area contributed by atoms with Crippen LogP contribution < -0.4 is 10.3 Å². The van der Waals surface area contributed by atoms with Gasteiger partial charge in [-0.3, -0.25) is 0 Å². The van der Waals surface area contributed by atoms with Gasteiger partial charge in [0.1, 0.15) is 5.45 Å². The molecule has 0 radical (unpaired) electrons. The number of para-hydroxylation sites is 1. The minimum Gasteiger partial charge on any atom is -0.237 e. The highest BCUT2D eigenvalue weighted by Crippen LogP contribution is 2.54. The predicted octanol–water partition coefficient (Wildman–Crippen LogP) is 5.53. The van der Waals surface area contributed by atoms with Crippen molar-refractivity contribution in [2.24, 2.45) is 5.10 Å². The Labute approximate surface area is 159 Å². The van der Waals surface area contributed by atoms with E-state index in [0.29, 0.717) is 0 Å². The summed E-state index contributed by atoms with van der Waals surface area (Å²) >= 11 is 6.28. The molecule has 0 fully saturated rings. The fourth-order valence-electron chi connectivity index (χ4n) is 3.13. The molecule has 128 valence electrons. The van der Waals surface area contributed by atoms with E-state index in [9.17, 15) is 0 Å². The Morgan fingerprint density at radius 3 is 1.92 bits per heavy atom. The second kappa shape index (κ2) is 7.03. The number of allylic oxidation sites excluding steroid dienone is 1. The van der Waals surface area contributed by atoms with E-state index in [-0.39, 0.29) is 0 Å². The van der Waals surface area contributed by atoms with Crippen molar-refractivity contribution >= 4 is 34.3 Å². The number of rotatable bonds is 3. The number of hydrogen-bond donors (Lipinski definition) is 0. The van der Waals surface area contributed by atoms with E-state index < -0.39 is 6.04 Å². The molecule has 3 aromatic carbocycles. The number of hydrazone groups is 1. The van der Waals surface area contributed by atoms with Crippen molar-refractivity contribution in [3.63, 3.8) is 0 Å². The van der Waals surface area contributed by atoms with E-state index in [4.69, 9.17) is 16.9 Å². The largest absolute Gasteiger partial charge is 0.237 e. The minimum absolute atomic E-state index is 0.980. The fraction of sp³-hybridized carbons (Fsp3) is 0.0455. The lowest BCUT2D eigenvalue weighted by Crippen LogP contribution is -2.25. The second-order valence-corrected chi connectivity index (χ2v) is 10.4. The van der Waals surface area contributed by atoms with Gasteiger partial charge in [-0.25, -0.2) is 5.01 Å². The average molecular weight is 374 g/mol. The van der Waals surface area contributed by atoms with E-state index in [1.165, 1.54) is 5.30 Å². The quantitative estimate of drug-likeness (QED) is 0.560. The van der Waals surface area contributed by atoms with Crippen molar-refractivity contribution in [2.75, 3.05) is 5.01 Å². The molecule has 1 aliphatic heterocycles. The summed E-state index contributed by atoms with van der Waals surface area (Å²) in [5.74, 6) is 2.25. The maximum atomic E-state index is 6.28. The van der Waals surface area contributed by atoms with E-state index in [1.54, 1.807) is 0 Å². The first-order valence-corrected chi connectivity index (χ1v) is 11.4. The van der Waals surface area contributed by atoms with Gasteiger partial charge >= 0.3 is 0 Å². The van der Waals surface area contributed by atoms with Gasteiger partial charge in [-0.15, -0.1) is 0 Å². The number of nitrogens with zero attached hydrogens (tertiary/aromatic N) is 2. The molecule has 0 aromatic heterocycles. The Morgan fingerprint density at radius 2 is 1.31 bits per heavy atom. The highest BCUT2D eigenvalue weighted by atomic mass is 32.4. The molecule has 1 aliphatic rings. The van der Waals surface area contributed by atoms with Crippen molar-refractivity contribution < 1.29 is 0 Å². The molecule has 4 rings (SSSR count). The lowest BCUT2D eigenvalue weighted by atomic mass is 10.2. The van der Waals surface area contributed by atoms with Crippen molar-refractivity contribution in [1.29, 1.82) is 0 Å². The van der Waals surface area contributed by atoms with Crippen LogP contribution in [0.3, 0.4) is 0 Å². The first-order chi connectivity index (χ1) is 12.7. The van der Waals surface area contributed by atoms with Crippen molar-refractivity contribution in [3.8, 4) is 0 Å². The second-order valence-electron chi connectivity index (χ2n) is 6.20. The highest BCUT2D eigenvalue weighted by Gasteiger charge is 2.31. The zero-order valence-electron chi connectivity index (χ0n) is 14.5. The third kappa shape index (κ3) is 3.05. The molecule has 0 amide bonds. The fourth-order valence-corrected chi connectivity index (χ4v) is 6.90. The summed E-state index contributed by atoms with van der Waals surface area (Å²) in [5.41, 5.74) is 4.19. The van der Waals surface area contributed by atoms with Gasteiger partial charge in [0.25, 0.3) is 0 Å². The molecule has 4 heteroatoms. The molecule has 1 atom stereocenters. The van der Waals surface area contributed by atoms with Crippen LogP contribution in [-0.2, 0) is 11.8 Å². The third-order valence-electron chi connectivity index (χ3n) is 4.38. The molecule has 0 saturated carbocycles. The lowest BCUT2D eigenvalue weighted by Gasteiger charge is -2.32. The summed E-state index contributed by atoms with van der Waals surface area (Å²) < 4.78 is 0. The molecular weight excluding hydrogens is 355 g/mol. The Bertz CT molecular complexity index is 1010. The van der Waals surface area contributed by atoms with Crippen LogP contribution in [0, 0.1) is 0 Å². The molecule has 0 spiro atoms. The summed E-state index contributed by atoms with van der Waals surface area (Å²) in [7, 11) is 0. The molecule has 2 nitrogen and oxygen atoms in total. The van der Waals surface area contributed by atoms with Crippen LogP contribution in [0.25, 0.3) is 0 Å². The zero-order chi connectivity index (χ0) is 18.0. The normalized spacial score (nSPS) is 19.7. The molecule has 0 saturated heterocycles. The standard InChI is InChI=1S/C22H19N2PS/c1-18-17-25(26,21-15-9-4-10-16-21)22(19-11-5-2-6-12-19)23-24(18)20-13-7-3-8-14-20/h2-17H,1H3. The number of anilines is 1. The maximum Gasteiger partial charge on any atom is 0.109 e. The predicted molar refractivity (Wildman–Crippen MR) is 116 cm³/mol. The van der Waals surface area contributed by atoms with E-state index >= 15 is 0 Å². The topological polar surface area (TPSA) is 15.6 Å². The number of hydrogen-bond acceptors (Lipinski definition) is 3. The Kier molecular flexibility index (Phi) is 4.58. The van der Waals surface area contributed by atoms with E-state index in [2.05, 4.69) is 61.3 Å². The average Bonchev–Trinajstić information content (AvgIpc) is 2.70. The smallest absolute Gasteiger partial charge is 0.109 e. The molecule has 0 N–H and O–H groups in total. The molecule has 1 unspecified atom stereocenters. The number of benzene rings is 3. The monoisotopic (exact) mass is 374 g/mol. The lowest BCUT2D eigenvalue weighted by molar-refractivity contribution is 0.998. The first-order valence-electron chi connectivity index (χ1n) is 8.53. The molecular formula is C22H19N2PS. The molecule has 1 heterocycles. The van der Waals surface area contributed by atoms with Crippen molar-refractivity contribution in [1.82, 2.24) is 0 Å². The van der Waals surface area contributed by atoms with Gasteiger partial charge in [-0.05, 0) is 30.2 Å². The Hall–Kier alpha value is -2.48. The molecule has 0 aliphatic carbocycles. The van der Waals surface area contributed by atoms with Crippen LogP contribution in [0.2, 0.25) is 0 Å². The summed E-state index contributed by atoms with van der Waals surface area (Å²) in [6.07, 6.45) is 0. The van der Waals surface area contributed by atoms with E-state index in [1.807, 2.05) is 47.5 Å². The minimum atomic E-state index is -2.13. The molecule has 3 aromatic rings. The van der Waals surface area contributed by atoms with Gasteiger partial charge in [0, 0.05) is 11.3 Å². The SMILES string of the molecule is CC1=CP(=S)(c2ccccc2)C(c2ccccc2)=NN1c1ccccc1. The van der Waals surface area contributed by atoms with Crippen LogP contribution in [-0.4, -0.2) is 5.45 Å². The highest BCUT2D eigenvalue weighted by molar-refractivity contribution is 8.28. The van der Waals surface area contributed by atoms with Crippen molar-refractivity contribution in [2.45, 2.75) is 6.92 Å². The molecule has 26 heavy (non-hydrogen) atoms. The Balaban J connectivity index is 1.92. The summed E-state index contributed by atoms with van der Waals surface area (Å²) in [5, 5.41) is 8.23.